The number of halogens is 6. The zero-order valence-electron chi connectivity index (χ0n) is 14.5. The average Bonchev–Trinajstić information content (AvgIpc) is 2.51. The number of hydrogen-bond acceptors (Lipinski definition) is 2. The van der Waals surface area contributed by atoms with Crippen LogP contribution in [0.25, 0.3) is 0 Å². The number of phenolic OH excluding ortho intramolecular Hbond substituents is 1. The van der Waals surface area contributed by atoms with Gasteiger partial charge in [-0.2, -0.15) is 13.2 Å². The first-order chi connectivity index (χ1) is 12.2. The summed E-state index contributed by atoms with van der Waals surface area (Å²) in [5.41, 5.74) is -5.18. The molecule has 0 saturated carbocycles. The van der Waals surface area contributed by atoms with Crippen LogP contribution in [0.15, 0.2) is 36.4 Å². The summed E-state index contributed by atoms with van der Waals surface area (Å²) in [5, 5.41) is 20.3. The molecule has 1 atom stereocenters. The van der Waals surface area contributed by atoms with Crippen LogP contribution in [0.4, 0.5) is 26.3 Å². The van der Waals surface area contributed by atoms with Gasteiger partial charge >= 0.3 is 6.18 Å². The Hall–Kier alpha value is -2.22. The number of aromatic hydroxyl groups is 1. The van der Waals surface area contributed by atoms with Crippen LogP contribution in [-0.2, 0) is 11.8 Å². The lowest BCUT2D eigenvalue weighted by Gasteiger charge is -2.38. The second-order valence-electron chi connectivity index (χ2n) is 7.18. The molecule has 0 radical (unpaired) electrons. The third kappa shape index (κ3) is 4.55. The van der Waals surface area contributed by atoms with Crippen LogP contribution < -0.4 is 0 Å². The van der Waals surface area contributed by atoms with Gasteiger partial charge in [-0.05, 0) is 47.7 Å². The van der Waals surface area contributed by atoms with E-state index in [9.17, 15) is 36.6 Å². The van der Waals surface area contributed by atoms with Gasteiger partial charge in [0.2, 0.25) is 0 Å². The van der Waals surface area contributed by atoms with E-state index in [1.807, 2.05) is 0 Å². The zero-order chi connectivity index (χ0) is 20.6. The van der Waals surface area contributed by atoms with Gasteiger partial charge < -0.3 is 10.2 Å². The van der Waals surface area contributed by atoms with E-state index in [0.29, 0.717) is 12.1 Å². The summed E-state index contributed by atoms with van der Waals surface area (Å²) in [6, 6.07) is 5.05. The van der Waals surface area contributed by atoms with Gasteiger partial charge in [-0.15, -0.1) is 0 Å². The third-order valence-corrected chi connectivity index (χ3v) is 4.43. The summed E-state index contributed by atoms with van der Waals surface area (Å²) >= 11 is 0. The molecule has 148 valence electrons. The minimum absolute atomic E-state index is 0.115. The molecule has 27 heavy (non-hydrogen) atoms. The molecule has 0 bridgehead atoms. The van der Waals surface area contributed by atoms with Gasteiger partial charge in [0.05, 0.1) is 0 Å². The zero-order valence-corrected chi connectivity index (χ0v) is 14.5. The molecular formula is C19H18F6O2. The van der Waals surface area contributed by atoms with Crippen molar-refractivity contribution in [3.8, 4) is 5.75 Å². The van der Waals surface area contributed by atoms with Crippen LogP contribution in [-0.4, -0.2) is 22.0 Å². The first-order valence-electron chi connectivity index (χ1n) is 7.97. The summed E-state index contributed by atoms with van der Waals surface area (Å²) in [6.07, 6.45) is -7.09. The predicted octanol–water partition coefficient (Wildman–Crippen LogP) is 5.01. The first-order valence-corrected chi connectivity index (χ1v) is 7.97. The van der Waals surface area contributed by atoms with Crippen molar-refractivity contribution in [3.63, 3.8) is 0 Å². The molecule has 0 aliphatic rings. The average molecular weight is 392 g/mol. The van der Waals surface area contributed by atoms with Crippen molar-refractivity contribution >= 4 is 0 Å². The van der Waals surface area contributed by atoms with Gasteiger partial charge in [-0.25, -0.2) is 13.2 Å². The number of hydrogen-bond donors (Lipinski definition) is 2. The molecule has 2 aromatic carbocycles. The highest BCUT2D eigenvalue weighted by Crippen LogP contribution is 2.45. The Kier molecular flexibility index (Phi) is 5.52. The Labute approximate surface area is 152 Å². The number of rotatable bonds is 5. The molecule has 1 unspecified atom stereocenters. The molecule has 0 aliphatic heterocycles. The van der Waals surface area contributed by atoms with Crippen molar-refractivity contribution in [3.05, 3.63) is 65.0 Å². The number of benzene rings is 2. The largest absolute Gasteiger partial charge is 0.508 e. The van der Waals surface area contributed by atoms with E-state index in [4.69, 9.17) is 0 Å². The quantitative estimate of drug-likeness (QED) is 0.702. The molecule has 2 nitrogen and oxygen atoms in total. The van der Waals surface area contributed by atoms with Gasteiger partial charge in [0.1, 0.15) is 11.6 Å². The van der Waals surface area contributed by atoms with E-state index in [0.717, 1.165) is 24.3 Å². The fourth-order valence-electron chi connectivity index (χ4n) is 3.13. The van der Waals surface area contributed by atoms with Gasteiger partial charge in [0.15, 0.2) is 17.2 Å². The van der Waals surface area contributed by atoms with Crippen molar-refractivity contribution in [2.75, 3.05) is 0 Å². The molecule has 2 rings (SSSR count). The van der Waals surface area contributed by atoms with Crippen molar-refractivity contribution in [2.45, 2.75) is 43.9 Å². The smallest absolute Gasteiger partial charge is 0.417 e. The minimum Gasteiger partial charge on any atom is -0.508 e. The second kappa shape index (κ2) is 7.07. The van der Waals surface area contributed by atoms with Crippen molar-refractivity contribution in [1.82, 2.24) is 0 Å². The Morgan fingerprint density at radius 1 is 0.889 bits per heavy atom. The number of alkyl halides is 3. The van der Waals surface area contributed by atoms with Crippen molar-refractivity contribution in [1.29, 1.82) is 0 Å². The summed E-state index contributed by atoms with van der Waals surface area (Å²) < 4.78 is 80.8. The van der Waals surface area contributed by atoms with Crippen LogP contribution >= 0.6 is 0 Å². The molecule has 0 amide bonds. The maximum absolute atomic E-state index is 13.6. The maximum atomic E-state index is 13.6. The molecule has 0 aliphatic carbocycles. The second-order valence-corrected chi connectivity index (χ2v) is 7.18. The Morgan fingerprint density at radius 2 is 1.52 bits per heavy atom. The highest BCUT2D eigenvalue weighted by Gasteiger charge is 2.56. The lowest BCUT2D eigenvalue weighted by molar-refractivity contribution is -0.266. The van der Waals surface area contributed by atoms with Crippen LogP contribution in [0.1, 0.15) is 31.4 Å². The molecule has 0 fully saturated rings. The summed E-state index contributed by atoms with van der Waals surface area (Å²) in [5.74, 6) is -3.73. The Bertz CT molecular complexity index is 831. The fourth-order valence-corrected chi connectivity index (χ4v) is 3.13. The van der Waals surface area contributed by atoms with E-state index in [1.165, 1.54) is 13.8 Å². The Balaban J connectivity index is 2.43. The van der Waals surface area contributed by atoms with Crippen LogP contribution in [0.5, 0.6) is 5.75 Å². The number of aliphatic hydroxyl groups is 1. The van der Waals surface area contributed by atoms with E-state index < -0.39 is 53.2 Å². The standard InChI is InChI=1S/C19H18F6O2/c1-17(2,13-8-12(20)4-6-16(13)26)10-18(27,19(23,24)25)9-11-3-5-14(21)15(22)7-11/h3-8,26-27H,9-10H2,1-2H3. The maximum Gasteiger partial charge on any atom is 0.417 e. The molecular weight excluding hydrogens is 374 g/mol. The SMILES string of the molecule is CC(C)(CC(O)(Cc1ccc(F)c(F)c1)C(F)(F)F)c1cc(F)ccc1O. The van der Waals surface area contributed by atoms with Crippen molar-refractivity contribution < 1.29 is 36.6 Å². The lowest BCUT2D eigenvalue weighted by Crippen LogP contribution is -2.50. The normalized spacial score (nSPS) is 14.9. The molecule has 0 saturated heterocycles. The lowest BCUT2D eigenvalue weighted by atomic mass is 9.72. The molecule has 2 N–H and O–H groups in total. The molecule has 0 spiro atoms. The van der Waals surface area contributed by atoms with Gasteiger partial charge in [-0.1, -0.05) is 19.9 Å². The van der Waals surface area contributed by atoms with Gasteiger partial charge in [0.25, 0.3) is 0 Å². The summed E-state index contributed by atoms with van der Waals surface area (Å²) in [4.78, 5) is 0. The van der Waals surface area contributed by atoms with Crippen molar-refractivity contribution in [2.24, 2.45) is 0 Å². The van der Waals surface area contributed by atoms with Crippen LogP contribution in [0.2, 0.25) is 0 Å². The Morgan fingerprint density at radius 3 is 2.07 bits per heavy atom. The monoisotopic (exact) mass is 392 g/mol. The topological polar surface area (TPSA) is 40.5 Å². The summed E-state index contributed by atoms with van der Waals surface area (Å²) in [6.45, 7) is 2.62. The van der Waals surface area contributed by atoms with Crippen LogP contribution in [0.3, 0.4) is 0 Å². The highest BCUT2D eigenvalue weighted by atomic mass is 19.4. The highest BCUT2D eigenvalue weighted by molar-refractivity contribution is 5.38. The minimum atomic E-state index is -5.11. The van der Waals surface area contributed by atoms with E-state index >= 15 is 0 Å². The molecule has 0 heterocycles. The van der Waals surface area contributed by atoms with Gasteiger partial charge in [-0.3, -0.25) is 0 Å². The third-order valence-electron chi connectivity index (χ3n) is 4.43. The summed E-state index contributed by atoms with van der Waals surface area (Å²) in [7, 11) is 0. The van der Waals surface area contributed by atoms with E-state index in [2.05, 4.69) is 0 Å². The fraction of sp³-hybridized carbons (Fsp3) is 0.368. The predicted molar refractivity (Wildman–Crippen MR) is 86.8 cm³/mol. The van der Waals surface area contributed by atoms with Gasteiger partial charge in [0, 0.05) is 12.0 Å². The van der Waals surface area contributed by atoms with Crippen LogP contribution in [0, 0.1) is 17.5 Å². The van der Waals surface area contributed by atoms with E-state index in [-0.39, 0.29) is 11.1 Å². The van der Waals surface area contributed by atoms with E-state index in [1.54, 1.807) is 0 Å². The first kappa shape index (κ1) is 21.1. The molecule has 8 heteroatoms. The number of phenols is 1. The molecule has 0 aromatic heterocycles. The molecule has 2 aromatic rings.